The van der Waals surface area contributed by atoms with Crippen LogP contribution in [-0.2, 0) is 4.79 Å². The molecule has 1 aromatic carbocycles. The third-order valence-corrected chi connectivity index (χ3v) is 5.99. The van der Waals surface area contributed by atoms with E-state index in [4.69, 9.17) is 0 Å². The molecule has 4 rings (SSSR count). The number of nitrogens with zero attached hydrogens (tertiary/aromatic N) is 5. The fourth-order valence-corrected chi connectivity index (χ4v) is 4.09. The third kappa shape index (κ3) is 2.84. The van der Waals surface area contributed by atoms with Crippen LogP contribution in [0.2, 0.25) is 0 Å². The van der Waals surface area contributed by atoms with E-state index in [9.17, 15) is 9.59 Å². The first kappa shape index (κ1) is 17.0. The van der Waals surface area contributed by atoms with Crippen molar-refractivity contribution < 1.29 is 9.59 Å². The lowest BCUT2D eigenvalue weighted by Crippen LogP contribution is -2.62. The molecule has 26 heavy (non-hydrogen) atoms. The van der Waals surface area contributed by atoms with Crippen LogP contribution in [0.4, 0.5) is 0 Å². The second kappa shape index (κ2) is 6.35. The number of likely N-dealkylation sites (tertiary alicyclic amines) is 1. The molecule has 3 heterocycles. The van der Waals surface area contributed by atoms with Gasteiger partial charge in [-0.15, -0.1) is 0 Å². The summed E-state index contributed by atoms with van der Waals surface area (Å²) >= 11 is 0. The Labute approximate surface area is 152 Å². The van der Waals surface area contributed by atoms with E-state index in [-0.39, 0.29) is 17.4 Å². The van der Waals surface area contributed by atoms with Crippen molar-refractivity contribution in [3.05, 3.63) is 23.8 Å². The highest BCUT2D eigenvalue weighted by molar-refractivity contribution is 5.97. The zero-order valence-corrected chi connectivity index (χ0v) is 15.2. The van der Waals surface area contributed by atoms with E-state index in [1.54, 1.807) is 6.07 Å². The quantitative estimate of drug-likeness (QED) is 0.814. The number of rotatable bonds is 1. The average molecular weight is 356 g/mol. The number of likely N-dealkylation sites (N-methyl/N-ethyl adjacent to an activating group) is 1. The number of amides is 2. The fraction of sp³-hybridized carbons (Fsp3) is 0.556. The minimum Gasteiger partial charge on any atom is -0.346 e. The number of nitrogens with one attached hydrogen (secondary N) is 1. The summed E-state index contributed by atoms with van der Waals surface area (Å²) in [5, 5.41) is 10.7. The second-order valence-electron chi connectivity index (χ2n) is 7.46. The van der Waals surface area contributed by atoms with E-state index in [0.717, 1.165) is 31.4 Å². The van der Waals surface area contributed by atoms with Crippen LogP contribution in [0.1, 0.15) is 29.6 Å². The van der Waals surface area contributed by atoms with E-state index in [1.165, 1.54) is 0 Å². The maximum absolute atomic E-state index is 13.1. The van der Waals surface area contributed by atoms with E-state index < -0.39 is 0 Å². The Kier molecular flexibility index (Phi) is 4.14. The van der Waals surface area contributed by atoms with Crippen LogP contribution in [-0.4, -0.2) is 87.7 Å². The van der Waals surface area contributed by atoms with Gasteiger partial charge < -0.3 is 9.80 Å². The van der Waals surface area contributed by atoms with Gasteiger partial charge in [0, 0.05) is 50.7 Å². The second-order valence-corrected chi connectivity index (χ2v) is 7.46. The van der Waals surface area contributed by atoms with Crippen molar-refractivity contribution in [2.24, 2.45) is 0 Å². The monoisotopic (exact) mass is 356 g/mol. The van der Waals surface area contributed by atoms with Crippen LogP contribution < -0.4 is 0 Å². The highest BCUT2D eigenvalue weighted by atomic mass is 16.2. The smallest absolute Gasteiger partial charge is 0.254 e. The molecular weight excluding hydrogens is 332 g/mol. The van der Waals surface area contributed by atoms with Gasteiger partial charge in [0.1, 0.15) is 11.0 Å². The largest absolute Gasteiger partial charge is 0.346 e. The molecule has 2 amide bonds. The van der Waals surface area contributed by atoms with Crippen molar-refractivity contribution >= 4 is 22.8 Å². The summed E-state index contributed by atoms with van der Waals surface area (Å²) < 4.78 is 0. The van der Waals surface area contributed by atoms with Crippen LogP contribution in [0, 0.1) is 0 Å². The highest BCUT2D eigenvalue weighted by Crippen LogP contribution is 2.32. The van der Waals surface area contributed by atoms with Gasteiger partial charge in [-0.25, -0.2) is 0 Å². The fourth-order valence-electron chi connectivity index (χ4n) is 4.09. The third-order valence-electron chi connectivity index (χ3n) is 5.99. The molecule has 2 aliphatic rings. The number of carbonyl (C=O) groups excluding carboxylic acids is 2. The van der Waals surface area contributed by atoms with Crippen molar-refractivity contribution in [1.29, 1.82) is 0 Å². The summed E-state index contributed by atoms with van der Waals surface area (Å²) in [7, 11) is 3.97. The van der Waals surface area contributed by atoms with Gasteiger partial charge in [0.25, 0.3) is 5.91 Å². The Morgan fingerprint density at radius 1 is 1.12 bits per heavy atom. The molecule has 2 aliphatic heterocycles. The normalized spacial score (nSPS) is 25.1. The standard InChI is InChI=1S/C18H24N6O2/c1-22-8-7-18(6-5-16(22)25)12-24(10-9-23(18)2)17(26)13-3-4-14-15(11-13)20-21-19-14/h3-4,11H,5-10,12H2,1-2H3,(H,19,20,21). The number of hydrogen-bond donors (Lipinski definition) is 1. The highest BCUT2D eigenvalue weighted by Gasteiger charge is 2.43. The Morgan fingerprint density at radius 2 is 1.92 bits per heavy atom. The Morgan fingerprint density at radius 3 is 2.77 bits per heavy atom. The zero-order valence-electron chi connectivity index (χ0n) is 15.2. The Balaban J connectivity index is 1.57. The van der Waals surface area contributed by atoms with Gasteiger partial charge in [-0.3, -0.25) is 14.5 Å². The van der Waals surface area contributed by atoms with Crippen LogP contribution in [0.5, 0.6) is 0 Å². The number of piperazine rings is 1. The van der Waals surface area contributed by atoms with Gasteiger partial charge in [-0.1, -0.05) is 0 Å². The minimum atomic E-state index is -0.133. The zero-order chi connectivity index (χ0) is 18.3. The summed E-state index contributed by atoms with van der Waals surface area (Å²) in [6.07, 6.45) is 2.21. The maximum Gasteiger partial charge on any atom is 0.254 e. The summed E-state index contributed by atoms with van der Waals surface area (Å²) in [6.45, 7) is 2.89. The first-order chi connectivity index (χ1) is 12.5. The van der Waals surface area contributed by atoms with E-state index in [0.29, 0.717) is 30.6 Å². The predicted molar refractivity (Wildman–Crippen MR) is 96.6 cm³/mol. The van der Waals surface area contributed by atoms with Gasteiger partial charge in [0.05, 0.1) is 0 Å². The number of carbonyl (C=O) groups is 2. The van der Waals surface area contributed by atoms with Crippen LogP contribution in [0.15, 0.2) is 18.2 Å². The molecule has 2 fully saturated rings. The lowest BCUT2D eigenvalue weighted by atomic mass is 9.86. The lowest BCUT2D eigenvalue weighted by Gasteiger charge is -2.49. The molecule has 0 radical (unpaired) electrons. The van der Waals surface area contributed by atoms with Crippen molar-refractivity contribution in [3.63, 3.8) is 0 Å². The van der Waals surface area contributed by atoms with E-state index in [1.807, 2.05) is 29.0 Å². The molecule has 8 heteroatoms. The van der Waals surface area contributed by atoms with Crippen molar-refractivity contribution in [2.45, 2.75) is 24.8 Å². The van der Waals surface area contributed by atoms with Crippen LogP contribution in [0.25, 0.3) is 11.0 Å². The van der Waals surface area contributed by atoms with Crippen LogP contribution in [0.3, 0.4) is 0 Å². The van der Waals surface area contributed by atoms with Crippen LogP contribution >= 0.6 is 0 Å². The van der Waals surface area contributed by atoms with Gasteiger partial charge in [0.15, 0.2) is 0 Å². The molecule has 8 nitrogen and oxygen atoms in total. The van der Waals surface area contributed by atoms with Gasteiger partial charge in [-0.2, -0.15) is 15.4 Å². The number of fused-ring (bicyclic) bond motifs is 1. The molecule has 1 unspecified atom stereocenters. The van der Waals surface area contributed by atoms with Crippen molar-refractivity contribution in [2.75, 3.05) is 40.3 Å². The first-order valence-electron chi connectivity index (χ1n) is 9.04. The Hall–Kier alpha value is -2.48. The maximum atomic E-state index is 13.1. The molecule has 1 atom stereocenters. The molecule has 1 N–H and O–H groups in total. The number of hydrogen-bond acceptors (Lipinski definition) is 5. The van der Waals surface area contributed by atoms with E-state index in [2.05, 4.69) is 27.4 Å². The number of H-pyrrole nitrogens is 1. The van der Waals surface area contributed by atoms with Gasteiger partial charge >= 0.3 is 0 Å². The predicted octanol–water partition coefficient (Wildman–Crippen LogP) is 0.727. The molecule has 0 aliphatic carbocycles. The molecular formula is C18H24N6O2. The van der Waals surface area contributed by atoms with Crippen molar-refractivity contribution in [3.8, 4) is 0 Å². The first-order valence-corrected chi connectivity index (χ1v) is 9.04. The molecule has 2 saturated heterocycles. The number of aromatic nitrogens is 3. The SMILES string of the molecule is CN1CCC2(CCC1=O)CN(C(=O)c1ccc3n[nH]nc3c1)CCN2C. The summed E-state index contributed by atoms with van der Waals surface area (Å²) in [5.41, 5.74) is 1.95. The minimum absolute atomic E-state index is 0.0197. The molecule has 0 bridgehead atoms. The number of aromatic amines is 1. The summed E-state index contributed by atoms with van der Waals surface area (Å²) in [4.78, 5) is 31.3. The molecule has 2 aromatic rings. The van der Waals surface area contributed by atoms with Gasteiger partial charge in [-0.05, 0) is 38.1 Å². The molecule has 0 saturated carbocycles. The van der Waals surface area contributed by atoms with Crippen molar-refractivity contribution in [1.82, 2.24) is 30.1 Å². The number of benzene rings is 1. The molecule has 1 aromatic heterocycles. The molecule has 1 spiro atoms. The topological polar surface area (TPSA) is 85.4 Å². The van der Waals surface area contributed by atoms with E-state index >= 15 is 0 Å². The molecule has 138 valence electrons. The summed E-state index contributed by atoms with van der Waals surface area (Å²) in [5.74, 6) is 0.210. The summed E-state index contributed by atoms with van der Waals surface area (Å²) in [6, 6.07) is 5.41. The Bertz CT molecular complexity index is 849. The van der Waals surface area contributed by atoms with Gasteiger partial charge in [0.2, 0.25) is 5.91 Å². The average Bonchev–Trinajstić information content (AvgIpc) is 3.07. The lowest BCUT2D eigenvalue weighted by molar-refractivity contribution is -0.129.